The van der Waals surface area contributed by atoms with Gasteiger partial charge in [-0.3, -0.25) is 24.5 Å². The fraction of sp³-hybridized carbons (Fsp3) is 0.261. The molecule has 2 aromatic rings. The molecular weight excluding hydrogens is 398 g/mol. The van der Waals surface area contributed by atoms with Crippen LogP contribution in [0.3, 0.4) is 0 Å². The van der Waals surface area contributed by atoms with E-state index in [1.165, 1.54) is 32.0 Å². The van der Waals surface area contributed by atoms with Crippen LogP contribution < -0.4 is 4.90 Å². The van der Waals surface area contributed by atoms with E-state index in [9.17, 15) is 24.5 Å². The first-order valence-electron chi connectivity index (χ1n) is 9.99. The Hall–Kier alpha value is -3.81. The number of imide groups is 1. The molecular formula is C23H19N3O5. The normalized spacial score (nSPS) is 26.0. The molecule has 2 fully saturated rings. The summed E-state index contributed by atoms with van der Waals surface area (Å²) >= 11 is 0. The van der Waals surface area contributed by atoms with Crippen molar-refractivity contribution < 1.29 is 19.3 Å². The molecule has 8 heteroatoms. The lowest BCUT2D eigenvalue weighted by Gasteiger charge is -2.35. The van der Waals surface area contributed by atoms with Gasteiger partial charge in [0.15, 0.2) is 5.78 Å². The van der Waals surface area contributed by atoms with Gasteiger partial charge in [-0.2, -0.15) is 0 Å². The lowest BCUT2D eigenvalue weighted by Crippen LogP contribution is -2.43. The molecule has 0 bridgehead atoms. The molecule has 0 saturated carbocycles. The molecule has 3 aliphatic rings. The minimum atomic E-state index is -0.843. The number of carbonyl (C=O) groups excluding carboxylic acids is 3. The molecule has 2 aromatic carbocycles. The average molecular weight is 417 g/mol. The summed E-state index contributed by atoms with van der Waals surface area (Å²) in [6.07, 6.45) is 3.68. The zero-order chi connectivity index (χ0) is 22.0. The SMILES string of the molecule is CC(=O)[C@@H]1[C@@H]2C(=O)N(c3cccc([N+](=O)[O-])c3C)C(=O)[C@@H]2[C@@H]2c3ccccc3C=CN12. The van der Waals surface area contributed by atoms with Gasteiger partial charge in [0.25, 0.3) is 5.69 Å². The van der Waals surface area contributed by atoms with E-state index in [-0.39, 0.29) is 22.7 Å². The fourth-order valence-electron chi connectivity index (χ4n) is 5.31. The van der Waals surface area contributed by atoms with Crippen LogP contribution in [-0.4, -0.2) is 33.5 Å². The molecule has 0 N–H and O–H groups in total. The van der Waals surface area contributed by atoms with E-state index >= 15 is 0 Å². The lowest BCUT2D eigenvalue weighted by molar-refractivity contribution is -0.385. The van der Waals surface area contributed by atoms with Crippen LogP contribution in [0, 0.1) is 28.9 Å². The van der Waals surface area contributed by atoms with Gasteiger partial charge in [0.05, 0.1) is 40.1 Å². The summed E-state index contributed by atoms with van der Waals surface area (Å²) in [5.41, 5.74) is 2.12. The van der Waals surface area contributed by atoms with Crippen LogP contribution in [0.2, 0.25) is 0 Å². The van der Waals surface area contributed by atoms with Crippen molar-refractivity contribution in [1.82, 2.24) is 4.90 Å². The number of benzene rings is 2. The van der Waals surface area contributed by atoms with Crippen molar-refractivity contribution in [2.45, 2.75) is 25.9 Å². The first-order valence-corrected chi connectivity index (χ1v) is 9.99. The predicted octanol–water partition coefficient (Wildman–Crippen LogP) is 3.01. The Bertz CT molecular complexity index is 1200. The van der Waals surface area contributed by atoms with Crippen LogP contribution in [0.4, 0.5) is 11.4 Å². The average Bonchev–Trinajstić information content (AvgIpc) is 3.21. The van der Waals surface area contributed by atoms with Crippen LogP contribution >= 0.6 is 0 Å². The van der Waals surface area contributed by atoms with E-state index in [0.717, 1.165) is 16.0 Å². The van der Waals surface area contributed by atoms with Crippen molar-refractivity contribution in [1.29, 1.82) is 0 Å². The second-order valence-electron chi connectivity index (χ2n) is 8.13. The molecule has 4 atom stereocenters. The number of nitro benzene ring substituents is 1. The van der Waals surface area contributed by atoms with Crippen LogP contribution in [-0.2, 0) is 14.4 Å². The number of ketones is 1. The smallest absolute Gasteiger partial charge is 0.274 e. The Morgan fingerprint density at radius 1 is 1.03 bits per heavy atom. The first kappa shape index (κ1) is 19.2. The van der Waals surface area contributed by atoms with Crippen molar-refractivity contribution in [2.24, 2.45) is 11.8 Å². The second kappa shape index (κ2) is 6.60. The fourth-order valence-corrected chi connectivity index (χ4v) is 5.31. The summed E-state index contributed by atoms with van der Waals surface area (Å²) in [6, 6.07) is 10.7. The van der Waals surface area contributed by atoms with Gasteiger partial charge in [0.1, 0.15) is 0 Å². The molecule has 8 nitrogen and oxygen atoms in total. The van der Waals surface area contributed by atoms with E-state index < -0.39 is 40.7 Å². The van der Waals surface area contributed by atoms with Crippen LogP contribution in [0.5, 0.6) is 0 Å². The zero-order valence-corrected chi connectivity index (χ0v) is 16.9. The number of Topliss-reactive ketones (excluding diaryl/α,β-unsaturated/α-hetero) is 1. The Balaban J connectivity index is 1.66. The van der Waals surface area contributed by atoms with E-state index in [2.05, 4.69) is 0 Å². The lowest BCUT2D eigenvalue weighted by atomic mass is 9.84. The topological polar surface area (TPSA) is 101 Å². The molecule has 5 rings (SSSR count). The molecule has 0 aromatic heterocycles. The molecule has 2 amide bonds. The summed E-state index contributed by atoms with van der Waals surface area (Å²) in [5.74, 6) is -2.70. The number of nitrogens with zero attached hydrogens (tertiary/aromatic N) is 3. The summed E-state index contributed by atoms with van der Waals surface area (Å²) in [4.78, 5) is 53.5. The van der Waals surface area contributed by atoms with Gasteiger partial charge in [0.2, 0.25) is 11.8 Å². The van der Waals surface area contributed by atoms with Crippen molar-refractivity contribution in [2.75, 3.05) is 4.90 Å². The van der Waals surface area contributed by atoms with Crippen LogP contribution in [0.1, 0.15) is 29.7 Å². The quantitative estimate of drug-likeness (QED) is 0.432. The molecule has 31 heavy (non-hydrogen) atoms. The summed E-state index contributed by atoms with van der Waals surface area (Å²) in [7, 11) is 0. The van der Waals surface area contributed by atoms with Gasteiger partial charge < -0.3 is 4.90 Å². The van der Waals surface area contributed by atoms with Gasteiger partial charge in [0, 0.05) is 12.3 Å². The zero-order valence-electron chi connectivity index (χ0n) is 16.9. The molecule has 3 heterocycles. The maximum atomic E-state index is 13.6. The van der Waals surface area contributed by atoms with Crippen molar-refractivity contribution in [3.8, 4) is 0 Å². The minimum Gasteiger partial charge on any atom is -0.359 e. The summed E-state index contributed by atoms with van der Waals surface area (Å²) < 4.78 is 0. The maximum Gasteiger partial charge on any atom is 0.274 e. The van der Waals surface area contributed by atoms with Gasteiger partial charge in [-0.15, -0.1) is 0 Å². The van der Waals surface area contributed by atoms with Crippen LogP contribution in [0.15, 0.2) is 48.7 Å². The molecule has 3 aliphatic heterocycles. The van der Waals surface area contributed by atoms with Gasteiger partial charge in [-0.05, 0) is 37.1 Å². The molecule has 0 unspecified atom stereocenters. The molecule has 156 valence electrons. The maximum absolute atomic E-state index is 13.6. The Morgan fingerprint density at radius 2 is 1.74 bits per heavy atom. The van der Waals surface area contributed by atoms with Crippen molar-refractivity contribution >= 4 is 35.0 Å². The number of nitro groups is 1. The highest BCUT2D eigenvalue weighted by Crippen LogP contribution is 2.53. The highest BCUT2D eigenvalue weighted by molar-refractivity contribution is 6.24. The number of fused-ring (bicyclic) bond motifs is 5. The second-order valence-corrected chi connectivity index (χ2v) is 8.13. The molecule has 2 saturated heterocycles. The number of hydrogen-bond acceptors (Lipinski definition) is 6. The standard InChI is InChI=1S/C23H19N3O5/c1-12-16(8-5-9-17(12)26(30)31)25-22(28)18-19(23(25)29)21-15-7-4-3-6-14(15)10-11-24(21)20(18)13(2)27/h3-11,18-21H,1-2H3/t18-,19+,20-,21+/m1/s1. The Kier molecular flexibility index (Phi) is 4.08. The number of amides is 2. The van der Waals surface area contributed by atoms with Gasteiger partial charge in [-0.25, -0.2) is 4.90 Å². The number of carbonyl (C=O) groups is 3. The summed E-state index contributed by atoms with van der Waals surface area (Å²) in [5, 5.41) is 11.4. The van der Waals surface area contributed by atoms with E-state index in [1.807, 2.05) is 35.2 Å². The number of hydrogen-bond donors (Lipinski definition) is 0. The monoisotopic (exact) mass is 417 g/mol. The predicted molar refractivity (Wildman–Crippen MR) is 112 cm³/mol. The highest BCUT2D eigenvalue weighted by atomic mass is 16.6. The third-order valence-corrected chi connectivity index (χ3v) is 6.59. The minimum absolute atomic E-state index is 0.161. The molecule has 0 aliphatic carbocycles. The van der Waals surface area contributed by atoms with Gasteiger partial charge >= 0.3 is 0 Å². The summed E-state index contributed by atoms with van der Waals surface area (Å²) in [6.45, 7) is 2.95. The van der Waals surface area contributed by atoms with Gasteiger partial charge in [-0.1, -0.05) is 30.3 Å². The van der Waals surface area contributed by atoms with Crippen molar-refractivity contribution in [3.05, 3.63) is 75.5 Å². The van der Waals surface area contributed by atoms with E-state index in [1.54, 1.807) is 6.20 Å². The Morgan fingerprint density at radius 3 is 2.45 bits per heavy atom. The number of rotatable bonds is 3. The Labute approximate surface area is 177 Å². The van der Waals surface area contributed by atoms with E-state index in [4.69, 9.17) is 0 Å². The highest BCUT2D eigenvalue weighted by Gasteiger charge is 2.64. The van der Waals surface area contributed by atoms with Crippen molar-refractivity contribution in [3.63, 3.8) is 0 Å². The number of anilines is 1. The third-order valence-electron chi connectivity index (χ3n) is 6.59. The first-order chi connectivity index (χ1) is 14.8. The van der Waals surface area contributed by atoms with E-state index in [0.29, 0.717) is 0 Å². The van der Waals surface area contributed by atoms with Crippen LogP contribution in [0.25, 0.3) is 6.08 Å². The molecule has 0 radical (unpaired) electrons. The third kappa shape index (κ3) is 2.51. The molecule has 0 spiro atoms. The largest absolute Gasteiger partial charge is 0.359 e.